The maximum atomic E-state index is 12.1. The molecule has 2 fully saturated rings. The van der Waals surface area contributed by atoms with Crippen LogP contribution in [0.4, 0.5) is 5.95 Å². The van der Waals surface area contributed by atoms with E-state index in [1.54, 1.807) is 16.8 Å². The number of hydrogen-bond acceptors (Lipinski definition) is 7. The Kier molecular flexibility index (Phi) is 5.24. The molecule has 3 N–H and O–H groups in total. The Labute approximate surface area is 217 Å². The molecule has 0 unspecified atom stereocenters. The number of aryl methyl sites for hydroxylation is 2. The Bertz CT molecular complexity index is 1760. The van der Waals surface area contributed by atoms with Gasteiger partial charge in [0.05, 0.1) is 24.3 Å². The molecule has 4 heterocycles. The molecule has 1 aliphatic carbocycles. The number of carbonyl (C=O) groups is 2. The standard InChI is InChI=1S/C28H24N8O2/c37-25-13-18(27(38)34-25)12-20-15-30-36-26(20)32-24(33-28(36)31-21-7-8-21)10-6-16-3-1-2-4-22(16)17-5-9-23-19(11-17)14-29-35-23/h1-5,9,11-12,14-15,21H,6-8,10,13H2,(H,29,35)(H,31,32,33)(H,34,37,38)/b18-12+. The molecule has 10 nitrogen and oxygen atoms in total. The highest BCUT2D eigenvalue weighted by Crippen LogP contribution is 2.29. The number of nitrogens with zero attached hydrogens (tertiary/aromatic N) is 5. The zero-order chi connectivity index (χ0) is 25.6. The van der Waals surface area contributed by atoms with E-state index in [1.165, 1.54) is 11.1 Å². The van der Waals surface area contributed by atoms with Gasteiger partial charge in [-0.15, -0.1) is 0 Å². The van der Waals surface area contributed by atoms with Crippen LogP contribution in [0.25, 0.3) is 33.8 Å². The predicted octanol–water partition coefficient (Wildman–Crippen LogP) is 3.46. The zero-order valence-corrected chi connectivity index (χ0v) is 20.4. The maximum absolute atomic E-state index is 12.1. The molecular formula is C28H24N8O2. The van der Waals surface area contributed by atoms with Crippen molar-refractivity contribution in [3.8, 4) is 11.1 Å². The summed E-state index contributed by atoms with van der Waals surface area (Å²) in [5.41, 5.74) is 6.21. The van der Waals surface area contributed by atoms with Crippen LogP contribution in [0, 0.1) is 0 Å². The van der Waals surface area contributed by atoms with Gasteiger partial charge >= 0.3 is 0 Å². The summed E-state index contributed by atoms with van der Waals surface area (Å²) in [7, 11) is 0. The molecule has 38 heavy (non-hydrogen) atoms. The minimum absolute atomic E-state index is 0.0582. The summed E-state index contributed by atoms with van der Waals surface area (Å²) >= 11 is 0. The molecule has 3 aromatic heterocycles. The zero-order valence-electron chi connectivity index (χ0n) is 20.4. The molecule has 7 rings (SSSR count). The Morgan fingerprint density at radius 2 is 1.95 bits per heavy atom. The molecular weight excluding hydrogens is 480 g/mol. The van der Waals surface area contributed by atoms with E-state index in [2.05, 4.69) is 68.4 Å². The largest absolute Gasteiger partial charge is 0.351 e. The van der Waals surface area contributed by atoms with Gasteiger partial charge < -0.3 is 5.32 Å². The third-order valence-corrected chi connectivity index (χ3v) is 6.96. The monoisotopic (exact) mass is 504 g/mol. The van der Waals surface area contributed by atoms with E-state index in [-0.39, 0.29) is 18.2 Å². The topological polar surface area (TPSA) is 130 Å². The number of amides is 2. The van der Waals surface area contributed by atoms with Crippen LogP contribution in [-0.4, -0.2) is 47.6 Å². The molecule has 0 atom stereocenters. The molecule has 2 amide bonds. The fourth-order valence-electron chi connectivity index (χ4n) is 4.84. The summed E-state index contributed by atoms with van der Waals surface area (Å²) in [6, 6.07) is 15.1. The van der Waals surface area contributed by atoms with E-state index in [0.29, 0.717) is 41.0 Å². The van der Waals surface area contributed by atoms with Crippen molar-refractivity contribution in [3.05, 3.63) is 77.4 Å². The molecule has 188 valence electrons. The fraction of sp³-hybridized carbons (Fsp3) is 0.214. The van der Waals surface area contributed by atoms with E-state index in [9.17, 15) is 9.59 Å². The predicted molar refractivity (Wildman–Crippen MR) is 142 cm³/mol. The van der Waals surface area contributed by atoms with E-state index in [4.69, 9.17) is 9.97 Å². The Morgan fingerprint density at radius 1 is 1.05 bits per heavy atom. The van der Waals surface area contributed by atoms with Crippen molar-refractivity contribution in [1.82, 2.24) is 35.1 Å². The first kappa shape index (κ1) is 22.3. The number of hydrogen-bond donors (Lipinski definition) is 3. The quantitative estimate of drug-likeness (QED) is 0.229. The number of carbonyl (C=O) groups excluding carboxylic acids is 2. The number of rotatable bonds is 7. The first-order chi connectivity index (χ1) is 18.6. The van der Waals surface area contributed by atoms with Gasteiger partial charge in [-0.1, -0.05) is 30.3 Å². The SMILES string of the molecule is O=C1C/C(=C\c2cnn3c(NC4CC4)nc(CCc4ccccc4-c4ccc5[nH]ncc5c4)nc23)C(=O)N1. The van der Waals surface area contributed by atoms with Crippen molar-refractivity contribution >= 4 is 40.4 Å². The number of aromatic amines is 1. The maximum Gasteiger partial charge on any atom is 0.254 e. The van der Waals surface area contributed by atoms with Gasteiger partial charge in [0.15, 0.2) is 5.65 Å². The van der Waals surface area contributed by atoms with Crippen LogP contribution in [0.3, 0.4) is 0 Å². The smallest absolute Gasteiger partial charge is 0.254 e. The molecule has 0 radical (unpaired) electrons. The summed E-state index contributed by atoms with van der Waals surface area (Å²) in [6.45, 7) is 0. The Hall–Kier alpha value is -4.86. The van der Waals surface area contributed by atoms with Crippen molar-refractivity contribution in [2.24, 2.45) is 0 Å². The number of benzene rings is 2. The second kappa shape index (κ2) is 8.91. The minimum atomic E-state index is -0.370. The summed E-state index contributed by atoms with van der Waals surface area (Å²) in [6.07, 6.45) is 8.81. The van der Waals surface area contributed by atoms with E-state index < -0.39 is 0 Å². The minimum Gasteiger partial charge on any atom is -0.351 e. The highest BCUT2D eigenvalue weighted by atomic mass is 16.2. The van der Waals surface area contributed by atoms with Crippen LogP contribution in [0.15, 0.2) is 60.4 Å². The van der Waals surface area contributed by atoms with Crippen LogP contribution in [0.1, 0.15) is 36.2 Å². The average Bonchev–Trinajstić information content (AvgIpc) is 3.30. The van der Waals surface area contributed by atoms with Crippen molar-refractivity contribution < 1.29 is 9.59 Å². The third-order valence-electron chi connectivity index (χ3n) is 6.96. The normalized spacial score (nSPS) is 16.6. The van der Waals surface area contributed by atoms with Gasteiger partial charge in [0.1, 0.15) is 5.82 Å². The number of imide groups is 1. The van der Waals surface area contributed by atoms with E-state index in [1.807, 2.05) is 6.20 Å². The molecule has 1 saturated heterocycles. The van der Waals surface area contributed by atoms with Crippen LogP contribution >= 0.6 is 0 Å². The van der Waals surface area contributed by atoms with Crippen LogP contribution in [0.5, 0.6) is 0 Å². The van der Waals surface area contributed by atoms with Gasteiger partial charge in [-0.2, -0.15) is 19.7 Å². The first-order valence-electron chi connectivity index (χ1n) is 12.7. The lowest BCUT2D eigenvalue weighted by Gasteiger charge is -2.11. The van der Waals surface area contributed by atoms with Gasteiger partial charge in [-0.3, -0.25) is 20.0 Å². The molecule has 0 spiro atoms. The number of aromatic nitrogens is 6. The van der Waals surface area contributed by atoms with E-state index >= 15 is 0 Å². The van der Waals surface area contributed by atoms with Crippen LogP contribution < -0.4 is 10.6 Å². The molecule has 1 aliphatic heterocycles. The number of nitrogens with one attached hydrogen (secondary N) is 3. The van der Waals surface area contributed by atoms with Gasteiger partial charge in [0.25, 0.3) is 5.91 Å². The lowest BCUT2D eigenvalue weighted by Crippen LogP contribution is -2.19. The van der Waals surface area contributed by atoms with Gasteiger partial charge in [-0.05, 0) is 54.2 Å². The molecule has 1 saturated carbocycles. The van der Waals surface area contributed by atoms with Crippen LogP contribution in [0.2, 0.25) is 0 Å². The van der Waals surface area contributed by atoms with Gasteiger partial charge in [-0.25, -0.2) is 4.98 Å². The van der Waals surface area contributed by atoms with E-state index in [0.717, 1.165) is 35.7 Å². The van der Waals surface area contributed by atoms with Crippen molar-refractivity contribution in [2.45, 2.75) is 38.1 Å². The first-order valence-corrected chi connectivity index (χ1v) is 12.7. The highest BCUT2D eigenvalue weighted by molar-refractivity contribution is 6.15. The summed E-state index contributed by atoms with van der Waals surface area (Å²) in [4.78, 5) is 33.4. The fourth-order valence-corrected chi connectivity index (χ4v) is 4.84. The second-order valence-corrected chi connectivity index (χ2v) is 9.77. The van der Waals surface area contributed by atoms with Gasteiger partial charge in [0, 0.05) is 29.0 Å². The Balaban J connectivity index is 1.22. The number of H-pyrrole nitrogens is 1. The van der Waals surface area contributed by atoms with Crippen molar-refractivity contribution in [3.63, 3.8) is 0 Å². The summed E-state index contributed by atoms with van der Waals surface area (Å²) in [5, 5.41) is 18.5. The molecule has 10 heteroatoms. The molecule has 2 aliphatic rings. The summed E-state index contributed by atoms with van der Waals surface area (Å²) in [5.74, 6) is 0.663. The third kappa shape index (κ3) is 4.19. The molecule has 2 aromatic carbocycles. The molecule has 0 bridgehead atoms. The van der Waals surface area contributed by atoms with Crippen LogP contribution in [-0.2, 0) is 22.4 Å². The molecule has 5 aromatic rings. The lowest BCUT2D eigenvalue weighted by molar-refractivity contribution is -0.124. The van der Waals surface area contributed by atoms with Crippen molar-refractivity contribution in [2.75, 3.05) is 5.32 Å². The highest BCUT2D eigenvalue weighted by Gasteiger charge is 2.26. The average molecular weight is 505 g/mol. The second-order valence-electron chi connectivity index (χ2n) is 9.77. The van der Waals surface area contributed by atoms with Crippen molar-refractivity contribution in [1.29, 1.82) is 0 Å². The lowest BCUT2D eigenvalue weighted by atomic mass is 9.96. The van der Waals surface area contributed by atoms with Gasteiger partial charge in [0.2, 0.25) is 11.9 Å². The number of fused-ring (bicyclic) bond motifs is 2. The summed E-state index contributed by atoms with van der Waals surface area (Å²) < 4.78 is 1.68. The Morgan fingerprint density at radius 3 is 2.79 bits per heavy atom. The number of anilines is 1.